The summed E-state index contributed by atoms with van der Waals surface area (Å²) in [4.78, 5) is 15.7. The Morgan fingerprint density at radius 2 is 2.20 bits per heavy atom. The van der Waals surface area contributed by atoms with E-state index in [1.165, 1.54) is 6.08 Å². The van der Waals surface area contributed by atoms with Crippen LogP contribution in [0.5, 0.6) is 5.75 Å². The van der Waals surface area contributed by atoms with Crippen LogP contribution in [0.3, 0.4) is 0 Å². The molecule has 2 rings (SSSR count). The molecule has 0 bridgehead atoms. The number of isothiocyanates is 1. The molecule has 0 heterocycles. The van der Waals surface area contributed by atoms with Crippen LogP contribution < -0.4 is 10.1 Å². The van der Waals surface area contributed by atoms with Crippen molar-refractivity contribution in [2.45, 2.75) is 24.9 Å². The second-order valence-corrected chi connectivity index (χ2v) is 4.84. The third-order valence-electron chi connectivity index (χ3n) is 3.24. The molecule has 0 aliphatic heterocycles. The molecule has 1 fully saturated rings. The van der Waals surface area contributed by atoms with Crippen LogP contribution >= 0.6 is 12.2 Å². The monoisotopic (exact) mass is 290 g/mol. The number of aliphatic imine (C=N–C) groups is 1. The van der Waals surface area contributed by atoms with E-state index < -0.39 is 0 Å². The largest absolute Gasteiger partial charge is 0.497 e. The fraction of sp³-hybridized carbons (Fsp3) is 0.333. The van der Waals surface area contributed by atoms with Crippen molar-refractivity contribution in [3.63, 3.8) is 0 Å². The van der Waals surface area contributed by atoms with Crippen LogP contribution in [-0.4, -0.2) is 30.3 Å². The van der Waals surface area contributed by atoms with Gasteiger partial charge in [-0.15, -0.1) is 0 Å². The van der Waals surface area contributed by atoms with Gasteiger partial charge in [-0.25, -0.2) is 4.99 Å². The lowest BCUT2D eigenvalue weighted by molar-refractivity contribution is -0.117. The fourth-order valence-corrected chi connectivity index (χ4v) is 2.17. The molecule has 1 aromatic carbocycles. The Hall–Kier alpha value is -1.97. The summed E-state index contributed by atoms with van der Waals surface area (Å²) in [7, 11) is 1.62. The van der Waals surface area contributed by atoms with Gasteiger partial charge in [0.15, 0.2) is 0 Å². The van der Waals surface area contributed by atoms with Gasteiger partial charge in [-0.05, 0) is 48.8 Å². The van der Waals surface area contributed by atoms with Crippen molar-refractivity contribution in [1.29, 1.82) is 0 Å². The van der Waals surface area contributed by atoms with Crippen LogP contribution in [0, 0.1) is 0 Å². The number of ether oxygens (including phenoxy) is 1. The molecule has 1 aliphatic rings. The molecule has 20 heavy (non-hydrogen) atoms. The molecule has 0 atom stereocenters. The van der Waals surface area contributed by atoms with Gasteiger partial charge in [0.1, 0.15) is 5.75 Å². The van der Waals surface area contributed by atoms with E-state index in [1.807, 2.05) is 24.3 Å². The number of carbonyl (C=O) groups is 1. The van der Waals surface area contributed by atoms with Crippen molar-refractivity contribution in [1.82, 2.24) is 5.32 Å². The summed E-state index contributed by atoms with van der Waals surface area (Å²) in [5.41, 5.74) is 0.956. The first-order valence-corrected chi connectivity index (χ1v) is 6.81. The minimum atomic E-state index is -0.0874. The lowest BCUT2D eigenvalue weighted by Gasteiger charge is -2.31. The Balaban J connectivity index is 0.00000220. The standard InChI is InChI=1S/C15H16N2O2S.H2/c1-19-14-5-2-11(3-6-14)4-7-15(18)17-13-8-12(9-13)16-10-20;/h2-7,12-13H,8-9H2,1H3,(H,17,18);1H/b7-4+;. The molecule has 0 saturated heterocycles. The number of thiocarbonyl (C=S) groups is 1. The summed E-state index contributed by atoms with van der Waals surface area (Å²) in [5, 5.41) is 5.30. The lowest BCUT2D eigenvalue weighted by atomic mass is 9.87. The highest BCUT2D eigenvalue weighted by atomic mass is 32.1. The third-order valence-corrected chi connectivity index (χ3v) is 3.34. The van der Waals surface area contributed by atoms with E-state index in [2.05, 4.69) is 27.7 Å². The fourth-order valence-electron chi connectivity index (χ4n) is 2.02. The molecule has 0 unspecified atom stereocenters. The number of hydrogen-bond donors (Lipinski definition) is 1. The minimum Gasteiger partial charge on any atom is -0.497 e. The van der Waals surface area contributed by atoms with E-state index in [1.54, 1.807) is 13.2 Å². The van der Waals surface area contributed by atoms with Gasteiger partial charge < -0.3 is 10.1 Å². The van der Waals surface area contributed by atoms with Gasteiger partial charge in [-0.3, -0.25) is 4.79 Å². The SMILES string of the molecule is COc1ccc(/C=C/C(=O)NC2CC(N=C=S)C2)cc1.[HH]. The van der Waals surface area contributed by atoms with Crippen molar-refractivity contribution in [2.75, 3.05) is 7.11 Å². The van der Waals surface area contributed by atoms with Gasteiger partial charge in [0.05, 0.1) is 18.3 Å². The predicted molar refractivity (Wildman–Crippen MR) is 84.1 cm³/mol. The predicted octanol–water partition coefficient (Wildman–Crippen LogP) is 2.70. The molecule has 1 N–H and O–H groups in total. The molecule has 1 aromatic rings. The molecule has 5 heteroatoms. The van der Waals surface area contributed by atoms with Gasteiger partial charge in [0, 0.05) is 13.5 Å². The third kappa shape index (κ3) is 4.02. The van der Waals surface area contributed by atoms with E-state index >= 15 is 0 Å². The average Bonchev–Trinajstić information content (AvgIpc) is 2.43. The van der Waals surface area contributed by atoms with Gasteiger partial charge in [0.25, 0.3) is 0 Å². The van der Waals surface area contributed by atoms with Crippen LogP contribution in [-0.2, 0) is 4.79 Å². The topological polar surface area (TPSA) is 50.7 Å². The maximum Gasteiger partial charge on any atom is 0.244 e. The summed E-state index contributed by atoms with van der Waals surface area (Å²) < 4.78 is 5.07. The molecule has 0 spiro atoms. The number of nitrogens with one attached hydrogen (secondary N) is 1. The van der Waals surface area contributed by atoms with Crippen molar-refractivity contribution < 1.29 is 11.0 Å². The molecule has 0 radical (unpaired) electrons. The quantitative estimate of drug-likeness (QED) is 0.515. The van der Waals surface area contributed by atoms with E-state index in [0.29, 0.717) is 0 Å². The highest BCUT2D eigenvalue weighted by Gasteiger charge is 2.29. The number of methoxy groups -OCH3 is 1. The van der Waals surface area contributed by atoms with Crippen molar-refractivity contribution in [2.24, 2.45) is 4.99 Å². The van der Waals surface area contributed by atoms with Crippen LogP contribution in [0.25, 0.3) is 6.08 Å². The zero-order valence-electron chi connectivity index (χ0n) is 11.2. The number of benzene rings is 1. The van der Waals surface area contributed by atoms with E-state index in [0.717, 1.165) is 24.2 Å². The normalized spacial score (nSPS) is 20.9. The maximum absolute atomic E-state index is 11.7. The molecule has 106 valence electrons. The molecule has 1 aliphatic carbocycles. The molecule has 0 aromatic heterocycles. The summed E-state index contributed by atoms with van der Waals surface area (Å²) in [6.07, 6.45) is 5.00. The lowest BCUT2D eigenvalue weighted by Crippen LogP contribution is -2.45. The summed E-state index contributed by atoms with van der Waals surface area (Å²) in [6, 6.07) is 7.93. The second-order valence-electron chi connectivity index (χ2n) is 4.66. The number of amides is 1. The molecular formula is C15H18N2O2S. The average molecular weight is 290 g/mol. The molecule has 4 nitrogen and oxygen atoms in total. The van der Waals surface area contributed by atoms with Crippen molar-refractivity contribution in [3.05, 3.63) is 35.9 Å². The minimum absolute atomic E-state index is 0. The Bertz CT molecular complexity index is 547. The Morgan fingerprint density at radius 3 is 2.80 bits per heavy atom. The Kier molecular flexibility index (Phi) is 5.04. The van der Waals surface area contributed by atoms with E-state index in [-0.39, 0.29) is 19.4 Å². The Labute approximate surface area is 125 Å². The van der Waals surface area contributed by atoms with Crippen LogP contribution in [0.4, 0.5) is 0 Å². The maximum atomic E-state index is 11.7. The number of hydrogen-bond acceptors (Lipinski definition) is 4. The number of carbonyl (C=O) groups excluding carboxylic acids is 1. The van der Waals surface area contributed by atoms with Crippen molar-refractivity contribution >= 4 is 29.4 Å². The Morgan fingerprint density at radius 1 is 1.50 bits per heavy atom. The van der Waals surface area contributed by atoms with Gasteiger partial charge >= 0.3 is 0 Å². The van der Waals surface area contributed by atoms with Gasteiger partial charge in [-0.2, -0.15) is 0 Å². The zero-order chi connectivity index (χ0) is 14.4. The smallest absolute Gasteiger partial charge is 0.244 e. The number of nitrogens with zero attached hydrogens (tertiary/aromatic N) is 1. The van der Waals surface area contributed by atoms with E-state index in [4.69, 9.17) is 4.74 Å². The van der Waals surface area contributed by atoms with E-state index in [9.17, 15) is 4.79 Å². The second kappa shape index (κ2) is 6.98. The zero-order valence-corrected chi connectivity index (χ0v) is 12.0. The summed E-state index contributed by atoms with van der Waals surface area (Å²) in [5.74, 6) is 0.710. The van der Waals surface area contributed by atoms with Gasteiger partial charge in [-0.1, -0.05) is 12.1 Å². The molecular weight excluding hydrogens is 272 g/mol. The highest BCUT2D eigenvalue weighted by molar-refractivity contribution is 7.78. The highest BCUT2D eigenvalue weighted by Crippen LogP contribution is 2.22. The first kappa shape index (κ1) is 14.4. The van der Waals surface area contributed by atoms with Crippen molar-refractivity contribution in [3.8, 4) is 5.75 Å². The van der Waals surface area contributed by atoms with Crippen LogP contribution in [0.2, 0.25) is 0 Å². The van der Waals surface area contributed by atoms with Crippen LogP contribution in [0.1, 0.15) is 19.8 Å². The first-order chi connectivity index (χ1) is 9.71. The molecule has 1 saturated carbocycles. The number of rotatable bonds is 5. The van der Waals surface area contributed by atoms with Gasteiger partial charge in [0.2, 0.25) is 5.91 Å². The summed E-state index contributed by atoms with van der Waals surface area (Å²) in [6.45, 7) is 0. The first-order valence-electron chi connectivity index (χ1n) is 6.41. The van der Waals surface area contributed by atoms with Crippen LogP contribution in [0.15, 0.2) is 35.3 Å². The summed E-state index contributed by atoms with van der Waals surface area (Å²) >= 11 is 4.54. The molecule has 1 amide bonds.